The van der Waals surface area contributed by atoms with Crippen LogP contribution in [0.15, 0.2) is 59.4 Å². The molecule has 1 fully saturated rings. The minimum Gasteiger partial charge on any atom is -0.374 e. The van der Waals surface area contributed by atoms with Crippen LogP contribution < -0.4 is 0 Å². The maximum atomic E-state index is 12.9. The van der Waals surface area contributed by atoms with Crippen molar-refractivity contribution in [1.82, 2.24) is 19.8 Å². The lowest BCUT2D eigenvalue weighted by Crippen LogP contribution is -2.38. The smallest absolute Gasteiger partial charge is 0.292 e. The molecular formula is C19H20N4O3. The zero-order valence-corrected chi connectivity index (χ0v) is 14.3. The molecule has 1 atom stereocenters. The molecule has 0 radical (unpaired) electrons. The van der Waals surface area contributed by atoms with E-state index in [2.05, 4.69) is 10.3 Å². The Bertz CT molecular complexity index is 845. The maximum Gasteiger partial charge on any atom is 0.292 e. The number of ether oxygens (including phenoxy) is 1. The van der Waals surface area contributed by atoms with Crippen LogP contribution in [0.5, 0.6) is 0 Å². The van der Waals surface area contributed by atoms with Gasteiger partial charge in [-0.05, 0) is 12.5 Å². The molecule has 1 saturated heterocycles. The van der Waals surface area contributed by atoms with E-state index in [1.807, 2.05) is 47.3 Å². The number of nitrogens with zero attached hydrogens (tertiary/aromatic N) is 4. The highest BCUT2D eigenvalue weighted by Crippen LogP contribution is 2.20. The van der Waals surface area contributed by atoms with E-state index in [-0.39, 0.29) is 17.8 Å². The van der Waals surface area contributed by atoms with Crippen molar-refractivity contribution in [2.45, 2.75) is 19.1 Å². The van der Waals surface area contributed by atoms with E-state index in [0.717, 1.165) is 12.0 Å². The number of hydrogen-bond donors (Lipinski definition) is 0. The first kappa shape index (κ1) is 16.5. The summed E-state index contributed by atoms with van der Waals surface area (Å²) in [5.74, 6) is 0.0965. The van der Waals surface area contributed by atoms with Crippen molar-refractivity contribution in [2.24, 2.45) is 0 Å². The molecule has 26 heavy (non-hydrogen) atoms. The fourth-order valence-electron chi connectivity index (χ4n) is 3.08. The monoisotopic (exact) mass is 352 g/mol. The Morgan fingerprint density at radius 3 is 2.92 bits per heavy atom. The van der Waals surface area contributed by atoms with Gasteiger partial charge in [0.1, 0.15) is 5.69 Å². The van der Waals surface area contributed by atoms with E-state index >= 15 is 0 Å². The van der Waals surface area contributed by atoms with Crippen LogP contribution in [0.1, 0.15) is 17.0 Å². The largest absolute Gasteiger partial charge is 0.374 e. The van der Waals surface area contributed by atoms with E-state index in [1.54, 1.807) is 17.2 Å². The highest BCUT2D eigenvalue weighted by Gasteiger charge is 2.26. The summed E-state index contributed by atoms with van der Waals surface area (Å²) in [7, 11) is 0. The summed E-state index contributed by atoms with van der Waals surface area (Å²) in [6.07, 6.45) is 4.32. The molecule has 0 unspecified atom stereocenters. The number of amides is 1. The van der Waals surface area contributed by atoms with Crippen LogP contribution >= 0.6 is 0 Å². The van der Waals surface area contributed by atoms with E-state index in [1.165, 1.54) is 0 Å². The molecule has 7 nitrogen and oxygen atoms in total. The molecule has 1 aromatic carbocycles. The predicted octanol–water partition coefficient (Wildman–Crippen LogP) is 2.47. The van der Waals surface area contributed by atoms with Crippen LogP contribution in [0.25, 0.3) is 11.3 Å². The Morgan fingerprint density at radius 2 is 2.12 bits per heavy atom. The Balaban J connectivity index is 1.47. The lowest BCUT2D eigenvalue weighted by molar-refractivity contribution is 0.0355. The molecular weight excluding hydrogens is 332 g/mol. The lowest BCUT2D eigenvalue weighted by Gasteiger charge is -2.22. The highest BCUT2D eigenvalue weighted by molar-refractivity contribution is 5.92. The summed E-state index contributed by atoms with van der Waals surface area (Å²) in [5, 5.41) is 8.25. The van der Waals surface area contributed by atoms with Gasteiger partial charge in [-0.25, -0.2) is 0 Å². The molecule has 1 aliphatic heterocycles. The third kappa shape index (κ3) is 3.67. The zero-order valence-electron chi connectivity index (χ0n) is 14.3. The van der Waals surface area contributed by atoms with Crippen LogP contribution in [0.4, 0.5) is 0 Å². The third-order valence-electron chi connectivity index (χ3n) is 4.38. The second kappa shape index (κ2) is 7.53. The zero-order chi connectivity index (χ0) is 17.8. The standard InChI is InChI=1S/C19H20N4O3/c24-19(18-12-17(21-26-18)15-6-2-1-3-7-15)22-9-5-11-25-16(13-22)14-23-10-4-8-20-23/h1-4,6-8,10,12,16H,5,9,11,13-14H2/t16-/m0/s1. The molecule has 3 aromatic rings. The van der Waals surface area contributed by atoms with Gasteiger partial charge in [0.15, 0.2) is 0 Å². The second-order valence-electron chi connectivity index (χ2n) is 6.27. The molecule has 7 heteroatoms. The van der Waals surface area contributed by atoms with E-state index in [9.17, 15) is 4.79 Å². The van der Waals surface area contributed by atoms with Crippen LogP contribution in [0.2, 0.25) is 0 Å². The van der Waals surface area contributed by atoms with E-state index < -0.39 is 0 Å². The van der Waals surface area contributed by atoms with Crippen LogP contribution in [0.3, 0.4) is 0 Å². The van der Waals surface area contributed by atoms with Crippen molar-refractivity contribution in [3.8, 4) is 11.3 Å². The summed E-state index contributed by atoms with van der Waals surface area (Å²) in [6.45, 7) is 2.37. The van der Waals surface area contributed by atoms with Gasteiger partial charge in [0.2, 0.25) is 5.76 Å². The van der Waals surface area contributed by atoms with E-state index in [0.29, 0.717) is 31.9 Å². The molecule has 0 bridgehead atoms. The summed E-state index contributed by atoms with van der Waals surface area (Å²) >= 11 is 0. The molecule has 2 aromatic heterocycles. The average Bonchev–Trinajstić information content (AvgIpc) is 3.31. The van der Waals surface area contributed by atoms with Gasteiger partial charge < -0.3 is 14.2 Å². The number of aromatic nitrogens is 3. The van der Waals surface area contributed by atoms with Crippen molar-refractivity contribution < 1.29 is 14.1 Å². The van der Waals surface area contributed by atoms with Crippen molar-refractivity contribution in [1.29, 1.82) is 0 Å². The van der Waals surface area contributed by atoms with Gasteiger partial charge in [0.05, 0.1) is 12.6 Å². The second-order valence-corrected chi connectivity index (χ2v) is 6.27. The summed E-state index contributed by atoms with van der Waals surface area (Å²) < 4.78 is 13.0. The third-order valence-corrected chi connectivity index (χ3v) is 4.38. The van der Waals surface area contributed by atoms with Crippen LogP contribution in [-0.2, 0) is 11.3 Å². The first-order chi connectivity index (χ1) is 12.8. The summed E-state index contributed by atoms with van der Waals surface area (Å²) in [4.78, 5) is 14.6. The molecule has 3 heterocycles. The molecule has 0 saturated carbocycles. The van der Waals surface area contributed by atoms with E-state index in [4.69, 9.17) is 9.26 Å². The van der Waals surface area contributed by atoms with Crippen LogP contribution in [0, 0.1) is 0 Å². The molecule has 1 amide bonds. The minimum absolute atomic E-state index is 0.0992. The Labute approximate surface area is 151 Å². The predicted molar refractivity (Wildman–Crippen MR) is 94.4 cm³/mol. The first-order valence-electron chi connectivity index (χ1n) is 8.70. The van der Waals surface area contributed by atoms with Crippen molar-refractivity contribution in [3.63, 3.8) is 0 Å². The highest BCUT2D eigenvalue weighted by atomic mass is 16.5. The average molecular weight is 352 g/mol. The molecule has 1 aliphatic rings. The molecule has 4 rings (SSSR count). The summed E-state index contributed by atoms with van der Waals surface area (Å²) in [6, 6.07) is 13.2. The van der Waals surface area contributed by atoms with Gasteiger partial charge in [-0.15, -0.1) is 0 Å². The maximum absolute atomic E-state index is 12.9. The van der Waals surface area contributed by atoms with Crippen molar-refractivity contribution >= 4 is 5.91 Å². The van der Waals surface area contributed by atoms with Crippen molar-refractivity contribution in [3.05, 3.63) is 60.6 Å². The quantitative estimate of drug-likeness (QED) is 0.721. The molecule has 0 aliphatic carbocycles. The van der Waals surface area contributed by atoms with Gasteiger partial charge in [0.25, 0.3) is 5.91 Å². The number of carbonyl (C=O) groups is 1. The van der Waals surface area contributed by atoms with Crippen LogP contribution in [-0.4, -0.2) is 51.5 Å². The SMILES string of the molecule is O=C(c1cc(-c2ccccc2)no1)N1CCCO[C@H](Cn2cccn2)C1. The van der Waals surface area contributed by atoms with Crippen molar-refractivity contribution in [2.75, 3.05) is 19.7 Å². The topological polar surface area (TPSA) is 73.4 Å². The first-order valence-corrected chi connectivity index (χ1v) is 8.70. The number of benzene rings is 1. The minimum atomic E-state index is -0.157. The summed E-state index contributed by atoms with van der Waals surface area (Å²) in [5.41, 5.74) is 1.58. The van der Waals surface area contributed by atoms with Gasteiger partial charge >= 0.3 is 0 Å². The van der Waals surface area contributed by atoms with Gasteiger partial charge in [-0.2, -0.15) is 5.10 Å². The molecule has 0 spiro atoms. The number of carbonyl (C=O) groups excluding carboxylic acids is 1. The van der Waals surface area contributed by atoms with Gasteiger partial charge in [0, 0.05) is 43.7 Å². The number of hydrogen-bond acceptors (Lipinski definition) is 5. The fourth-order valence-corrected chi connectivity index (χ4v) is 3.08. The normalized spacial score (nSPS) is 17.8. The Morgan fingerprint density at radius 1 is 1.23 bits per heavy atom. The fraction of sp³-hybridized carbons (Fsp3) is 0.316. The molecule has 0 N–H and O–H groups in total. The van der Waals surface area contributed by atoms with Gasteiger partial charge in [-0.3, -0.25) is 9.48 Å². The molecule has 134 valence electrons. The lowest BCUT2D eigenvalue weighted by atomic mass is 10.1. The number of rotatable bonds is 4. The Kier molecular flexibility index (Phi) is 4.79. The Hall–Kier alpha value is -2.93. The van der Waals surface area contributed by atoms with Gasteiger partial charge in [-0.1, -0.05) is 35.5 Å².